The summed E-state index contributed by atoms with van der Waals surface area (Å²) in [4.78, 5) is 10.2. The lowest BCUT2D eigenvalue weighted by Crippen LogP contribution is -2.43. The Morgan fingerprint density at radius 2 is 1.73 bits per heavy atom. The summed E-state index contributed by atoms with van der Waals surface area (Å²) in [5, 5.41) is 8.37. The molecule has 7 heteroatoms. The molecule has 0 fully saturated rings. The highest BCUT2D eigenvalue weighted by Crippen LogP contribution is 2.00. The first-order valence-electron chi connectivity index (χ1n) is 4.90. The zero-order valence-electron chi connectivity index (χ0n) is 9.06. The van der Waals surface area contributed by atoms with Crippen molar-refractivity contribution in [2.24, 2.45) is 0 Å². The molecule has 0 radical (unpaired) electrons. The van der Waals surface area contributed by atoms with Gasteiger partial charge in [-0.15, -0.1) is 0 Å². The van der Waals surface area contributed by atoms with Gasteiger partial charge in [0.2, 0.25) is 0 Å². The molecule has 0 aliphatic heterocycles. The van der Waals surface area contributed by atoms with Crippen LogP contribution in [-0.2, 0) is 15.0 Å². The third-order valence-corrected chi connectivity index (χ3v) is 3.25. The molecule has 0 aliphatic rings. The Kier molecular flexibility index (Phi) is 6.46. The van der Waals surface area contributed by atoms with E-state index in [2.05, 4.69) is 0 Å². The molecule has 0 bridgehead atoms. The number of aliphatic carboxylic acids is 1. The van der Waals surface area contributed by atoms with Crippen LogP contribution in [0, 0.1) is 0 Å². The third kappa shape index (κ3) is 5.71. The number of nitrogens with one attached hydrogen (secondary N) is 1. The third-order valence-electron chi connectivity index (χ3n) is 1.69. The highest BCUT2D eigenvalue weighted by molar-refractivity contribution is 7.87. The maximum absolute atomic E-state index is 11.6. The van der Waals surface area contributed by atoms with Crippen molar-refractivity contribution < 1.29 is 18.3 Å². The van der Waals surface area contributed by atoms with Crippen molar-refractivity contribution in [2.75, 3.05) is 19.6 Å². The van der Waals surface area contributed by atoms with E-state index in [1.54, 1.807) is 0 Å². The Bertz CT molecular complexity index is 283. The number of hydrogen-bond acceptors (Lipinski definition) is 3. The Hall–Kier alpha value is -0.660. The second kappa shape index (κ2) is 6.76. The number of carboxylic acids is 1. The van der Waals surface area contributed by atoms with Crippen LogP contribution in [-0.4, -0.2) is 43.4 Å². The highest BCUT2D eigenvalue weighted by atomic mass is 32.2. The molecule has 0 saturated heterocycles. The summed E-state index contributed by atoms with van der Waals surface area (Å²) in [6.07, 6.45) is 1.40. The minimum Gasteiger partial charge on any atom is -0.480 e. The molecular weight excluding hydrogens is 220 g/mol. The van der Waals surface area contributed by atoms with Crippen LogP contribution >= 0.6 is 0 Å². The lowest BCUT2D eigenvalue weighted by Gasteiger charge is -2.20. The van der Waals surface area contributed by atoms with Gasteiger partial charge in [0.1, 0.15) is 6.54 Å². The van der Waals surface area contributed by atoms with Crippen molar-refractivity contribution in [3.8, 4) is 0 Å². The fourth-order valence-electron chi connectivity index (χ4n) is 1.10. The second-order valence-corrected chi connectivity index (χ2v) is 4.87. The standard InChI is InChI=1S/C8H18N2O4S/c1-3-5-10(6-4-2)15(13,14)9-7-8(11)12/h9H,3-7H2,1-2H3,(H,11,12). The van der Waals surface area contributed by atoms with E-state index in [9.17, 15) is 13.2 Å². The molecule has 0 aromatic heterocycles. The van der Waals surface area contributed by atoms with Crippen LogP contribution in [0.5, 0.6) is 0 Å². The zero-order valence-corrected chi connectivity index (χ0v) is 9.88. The van der Waals surface area contributed by atoms with Crippen molar-refractivity contribution in [3.05, 3.63) is 0 Å². The molecule has 0 atom stereocenters. The summed E-state index contributed by atoms with van der Waals surface area (Å²) >= 11 is 0. The number of carbonyl (C=O) groups is 1. The largest absolute Gasteiger partial charge is 0.480 e. The van der Waals surface area contributed by atoms with Crippen molar-refractivity contribution in [2.45, 2.75) is 26.7 Å². The Balaban J connectivity index is 4.42. The molecule has 0 aromatic rings. The predicted octanol–water partition coefficient (Wildman–Crippen LogP) is 0.0274. The minimum absolute atomic E-state index is 0.406. The van der Waals surface area contributed by atoms with Crippen molar-refractivity contribution in [1.29, 1.82) is 0 Å². The average molecular weight is 238 g/mol. The maximum atomic E-state index is 11.6. The Morgan fingerprint density at radius 1 is 1.27 bits per heavy atom. The van der Waals surface area contributed by atoms with E-state index in [0.29, 0.717) is 25.9 Å². The maximum Gasteiger partial charge on any atom is 0.318 e. The van der Waals surface area contributed by atoms with Gasteiger partial charge in [-0.05, 0) is 12.8 Å². The lowest BCUT2D eigenvalue weighted by molar-refractivity contribution is -0.135. The van der Waals surface area contributed by atoms with E-state index in [0.717, 1.165) is 0 Å². The fraction of sp³-hybridized carbons (Fsp3) is 0.875. The number of carboxylic acid groups (broad SMARTS) is 1. The first kappa shape index (κ1) is 14.3. The first-order valence-corrected chi connectivity index (χ1v) is 6.34. The topological polar surface area (TPSA) is 86.7 Å². The van der Waals surface area contributed by atoms with Crippen molar-refractivity contribution >= 4 is 16.2 Å². The molecular formula is C8H18N2O4S. The normalized spacial score (nSPS) is 11.9. The lowest BCUT2D eigenvalue weighted by atomic mass is 10.4. The summed E-state index contributed by atoms with van der Waals surface area (Å²) < 4.78 is 26.4. The van der Waals surface area contributed by atoms with Crippen LogP contribution in [0.4, 0.5) is 0 Å². The molecule has 6 nitrogen and oxygen atoms in total. The first-order chi connectivity index (χ1) is 6.94. The monoisotopic (exact) mass is 238 g/mol. The van der Waals surface area contributed by atoms with Gasteiger partial charge >= 0.3 is 5.97 Å². The van der Waals surface area contributed by atoms with Gasteiger partial charge in [-0.1, -0.05) is 13.8 Å². The van der Waals surface area contributed by atoms with Gasteiger partial charge in [-0.25, -0.2) is 0 Å². The molecule has 0 aromatic carbocycles. The summed E-state index contributed by atoms with van der Waals surface area (Å²) in [5.74, 6) is -1.19. The summed E-state index contributed by atoms with van der Waals surface area (Å²) in [6, 6.07) is 0. The molecule has 90 valence electrons. The Morgan fingerprint density at radius 3 is 2.07 bits per heavy atom. The summed E-state index contributed by atoms with van der Waals surface area (Å²) in [6.45, 7) is 3.97. The molecule has 15 heavy (non-hydrogen) atoms. The van der Waals surface area contributed by atoms with Gasteiger partial charge in [0.05, 0.1) is 0 Å². The van der Waals surface area contributed by atoms with Crippen LogP contribution in [0.1, 0.15) is 26.7 Å². The van der Waals surface area contributed by atoms with Gasteiger partial charge in [-0.3, -0.25) is 4.79 Å². The van der Waals surface area contributed by atoms with E-state index in [4.69, 9.17) is 5.11 Å². The van der Waals surface area contributed by atoms with Crippen LogP contribution < -0.4 is 4.72 Å². The van der Waals surface area contributed by atoms with Crippen LogP contribution in [0.15, 0.2) is 0 Å². The van der Waals surface area contributed by atoms with E-state index >= 15 is 0 Å². The zero-order chi connectivity index (χ0) is 11.9. The molecule has 0 rings (SSSR count). The number of nitrogens with zero attached hydrogens (tertiary/aromatic N) is 1. The summed E-state index contributed by atoms with van der Waals surface area (Å²) in [7, 11) is -3.64. The van der Waals surface area contributed by atoms with Crippen LogP contribution in [0.2, 0.25) is 0 Å². The quantitative estimate of drug-likeness (QED) is 0.624. The molecule has 0 unspecified atom stereocenters. The molecule has 0 saturated carbocycles. The Labute approximate surface area is 90.5 Å². The van der Waals surface area contributed by atoms with Crippen LogP contribution in [0.25, 0.3) is 0 Å². The average Bonchev–Trinajstić information content (AvgIpc) is 2.15. The number of hydrogen-bond donors (Lipinski definition) is 2. The molecule has 0 heterocycles. The van der Waals surface area contributed by atoms with Gasteiger partial charge in [0.25, 0.3) is 10.2 Å². The predicted molar refractivity (Wildman–Crippen MR) is 56.7 cm³/mol. The van der Waals surface area contributed by atoms with Crippen molar-refractivity contribution in [1.82, 2.24) is 9.03 Å². The molecule has 0 amide bonds. The van der Waals surface area contributed by atoms with E-state index < -0.39 is 22.7 Å². The van der Waals surface area contributed by atoms with Gasteiger partial charge < -0.3 is 5.11 Å². The van der Waals surface area contributed by atoms with Gasteiger partial charge in [0, 0.05) is 13.1 Å². The van der Waals surface area contributed by atoms with E-state index in [1.807, 2.05) is 18.6 Å². The molecule has 0 aliphatic carbocycles. The molecule has 0 spiro atoms. The minimum atomic E-state index is -3.64. The molecule has 2 N–H and O–H groups in total. The number of rotatable bonds is 8. The SMILES string of the molecule is CCCN(CCC)S(=O)(=O)NCC(=O)O. The van der Waals surface area contributed by atoms with E-state index in [-0.39, 0.29) is 0 Å². The van der Waals surface area contributed by atoms with Crippen molar-refractivity contribution in [3.63, 3.8) is 0 Å². The summed E-state index contributed by atoms with van der Waals surface area (Å²) in [5.41, 5.74) is 0. The van der Waals surface area contributed by atoms with Crippen LogP contribution in [0.3, 0.4) is 0 Å². The fourth-order valence-corrected chi connectivity index (χ4v) is 2.43. The van der Waals surface area contributed by atoms with E-state index in [1.165, 1.54) is 4.31 Å². The van der Waals surface area contributed by atoms with Gasteiger partial charge in [-0.2, -0.15) is 17.4 Å². The van der Waals surface area contributed by atoms with Gasteiger partial charge in [0.15, 0.2) is 0 Å². The second-order valence-electron chi connectivity index (χ2n) is 3.12. The highest BCUT2D eigenvalue weighted by Gasteiger charge is 2.20. The smallest absolute Gasteiger partial charge is 0.318 e.